The third-order valence-electron chi connectivity index (χ3n) is 4.91. The van der Waals surface area contributed by atoms with Gasteiger partial charge in [-0.2, -0.15) is 0 Å². The lowest BCUT2D eigenvalue weighted by Crippen LogP contribution is -2.19. The van der Waals surface area contributed by atoms with Gasteiger partial charge in [-0.1, -0.05) is 66.2 Å². The normalized spacial score (nSPS) is 11.4. The van der Waals surface area contributed by atoms with Crippen molar-refractivity contribution in [2.24, 2.45) is 0 Å². The number of halogens is 2. The van der Waals surface area contributed by atoms with E-state index in [2.05, 4.69) is 16.0 Å². The molecule has 1 atom stereocenters. The van der Waals surface area contributed by atoms with Crippen molar-refractivity contribution in [3.05, 3.63) is 120 Å². The Kier molecular flexibility index (Phi) is 8.36. The van der Waals surface area contributed by atoms with Crippen molar-refractivity contribution in [1.29, 1.82) is 0 Å². The van der Waals surface area contributed by atoms with Crippen molar-refractivity contribution in [2.45, 2.75) is 10.1 Å². The average molecular weight is 522 g/mol. The Bertz CT molecular complexity index is 1320. The predicted octanol–water partition coefficient (Wildman–Crippen LogP) is 7.76. The highest BCUT2D eigenvalue weighted by molar-refractivity contribution is 8.00. The second kappa shape index (κ2) is 11.8. The number of rotatable bonds is 7. The molecule has 3 N–H and O–H groups in total. The van der Waals surface area contributed by atoms with E-state index in [1.165, 1.54) is 30.0 Å². The van der Waals surface area contributed by atoms with Gasteiger partial charge in [0, 0.05) is 22.0 Å². The second-order valence-electron chi connectivity index (χ2n) is 7.50. The molecule has 0 aliphatic heterocycles. The molecule has 4 aromatic carbocycles. The number of anilines is 3. The van der Waals surface area contributed by atoms with Crippen LogP contribution >= 0.6 is 35.6 Å². The molecule has 0 bridgehead atoms. The van der Waals surface area contributed by atoms with E-state index in [-0.39, 0.29) is 10.9 Å². The van der Waals surface area contributed by atoms with Gasteiger partial charge in [-0.25, -0.2) is 4.39 Å². The number of hydrogen-bond acceptors (Lipinski definition) is 3. The molecule has 35 heavy (non-hydrogen) atoms. The summed E-state index contributed by atoms with van der Waals surface area (Å²) in [4.78, 5) is 14.1. The molecule has 1 amide bonds. The Morgan fingerprint density at radius 2 is 1.40 bits per heavy atom. The van der Waals surface area contributed by atoms with Crippen molar-refractivity contribution in [2.75, 3.05) is 16.0 Å². The SMILES string of the molecule is O=C(Nc1ccc(F)c(Cl)c1)C(Sc1cccc(NC(=S)Nc2ccccc2)c1)c1ccccc1. The predicted molar refractivity (Wildman–Crippen MR) is 148 cm³/mol. The smallest absolute Gasteiger partial charge is 0.242 e. The second-order valence-corrected chi connectivity index (χ2v) is 9.49. The van der Waals surface area contributed by atoms with Crippen LogP contribution in [-0.4, -0.2) is 11.0 Å². The number of para-hydroxylation sites is 1. The quantitative estimate of drug-likeness (QED) is 0.171. The van der Waals surface area contributed by atoms with Gasteiger partial charge in [0.1, 0.15) is 11.1 Å². The van der Waals surface area contributed by atoms with Gasteiger partial charge in [0.15, 0.2) is 5.11 Å². The highest BCUT2D eigenvalue weighted by atomic mass is 35.5. The molecule has 4 nitrogen and oxygen atoms in total. The maximum atomic E-state index is 13.5. The Balaban J connectivity index is 1.50. The van der Waals surface area contributed by atoms with Crippen LogP contribution in [-0.2, 0) is 4.79 Å². The maximum absolute atomic E-state index is 13.5. The lowest BCUT2D eigenvalue weighted by molar-refractivity contribution is -0.115. The van der Waals surface area contributed by atoms with E-state index in [4.69, 9.17) is 23.8 Å². The summed E-state index contributed by atoms with van der Waals surface area (Å²) in [5.41, 5.74) is 2.94. The Labute approximate surface area is 217 Å². The molecule has 0 aliphatic carbocycles. The fraction of sp³-hybridized carbons (Fsp3) is 0.0370. The van der Waals surface area contributed by atoms with Gasteiger partial charge in [-0.15, -0.1) is 11.8 Å². The van der Waals surface area contributed by atoms with E-state index in [1.54, 1.807) is 0 Å². The monoisotopic (exact) mass is 521 g/mol. The van der Waals surface area contributed by atoms with Crippen molar-refractivity contribution in [3.63, 3.8) is 0 Å². The van der Waals surface area contributed by atoms with Gasteiger partial charge in [-0.05, 0) is 66.3 Å². The summed E-state index contributed by atoms with van der Waals surface area (Å²) in [5.74, 6) is -0.786. The van der Waals surface area contributed by atoms with Crippen LogP contribution in [0.25, 0.3) is 0 Å². The van der Waals surface area contributed by atoms with Crippen LogP contribution in [0.2, 0.25) is 5.02 Å². The number of hydrogen-bond donors (Lipinski definition) is 3. The first-order chi connectivity index (χ1) is 17.0. The summed E-state index contributed by atoms with van der Waals surface area (Å²) in [6, 6.07) is 30.9. The fourth-order valence-electron chi connectivity index (χ4n) is 3.28. The topological polar surface area (TPSA) is 53.2 Å². The molecule has 0 saturated carbocycles. The maximum Gasteiger partial charge on any atom is 0.242 e. The van der Waals surface area contributed by atoms with Crippen molar-refractivity contribution < 1.29 is 9.18 Å². The average Bonchev–Trinajstić information content (AvgIpc) is 2.86. The lowest BCUT2D eigenvalue weighted by atomic mass is 10.1. The molecule has 0 radical (unpaired) electrons. The van der Waals surface area contributed by atoms with Crippen molar-refractivity contribution >= 4 is 63.7 Å². The zero-order valence-corrected chi connectivity index (χ0v) is 20.8. The first-order valence-electron chi connectivity index (χ1n) is 10.7. The molecule has 0 aliphatic rings. The fourth-order valence-corrected chi connectivity index (χ4v) is 4.78. The summed E-state index contributed by atoms with van der Waals surface area (Å²) in [5, 5.41) is 9.03. The van der Waals surface area contributed by atoms with E-state index in [0.29, 0.717) is 10.8 Å². The van der Waals surface area contributed by atoms with Crippen LogP contribution in [0.5, 0.6) is 0 Å². The summed E-state index contributed by atoms with van der Waals surface area (Å²) < 4.78 is 13.5. The van der Waals surface area contributed by atoms with Gasteiger partial charge < -0.3 is 16.0 Å². The largest absolute Gasteiger partial charge is 0.332 e. The number of benzene rings is 4. The summed E-state index contributed by atoms with van der Waals surface area (Å²) in [7, 11) is 0. The molecule has 176 valence electrons. The molecule has 1 unspecified atom stereocenters. The zero-order chi connectivity index (χ0) is 24.6. The number of nitrogens with one attached hydrogen (secondary N) is 3. The first-order valence-corrected chi connectivity index (χ1v) is 12.4. The third-order valence-corrected chi connectivity index (χ3v) is 6.65. The van der Waals surface area contributed by atoms with Crippen molar-refractivity contribution in [1.82, 2.24) is 0 Å². The van der Waals surface area contributed by atoms with Crippen LogP contribution in [0.1, 0.15) is 10.8 Å². The number of carbonyl (C=O) groups is 1. The minimum atomic E-state index is -0.551. The molecule has 0 fully saturated rings. The minimum absolute atomic E-state index is 0.0504. The molecule has 8 heteroatoms. The molecule has 4 rings (SSSR count). The van der Waals surface area contributed by atoms with E-state index in [0.717, 1.165) is 21.8 Å². The number of thiocarbonyl (C=S) groups is 1. The van der Waals surface area contributed by atoms with Gasteiger partial charge >= 0.3 is 0 Å². The summed E-state index contributed by atoms with van der Waals surface area (Å²) in [6.45, 7) is 0. The van der Waals surface area contributed by atoms with Crippen LogP contribution in [0.3, 0.4) is 0 Å². The zero-order valence-electron chi connectivity index (χ0n) is 18.4. The number of carbonyl (C=O) groups excluding carboxylic acids is 1. The van der Waals surface area contributed by atoms with Crippen LogP contribution in [0.15, 0.2) is 108 Å². The van der Waals surface area contributed by atoms with Gasteiger partial charge in [0.2, 0.25) is 5.91 Å². The van der Waals surface area contributed by atoms with Gasteiger partial charge in [0.05, 0.1) is 5.02 Å². The summed E-state index contributed by atoms with van der Waals surface area (Å²) in [6.07, 6.45) is 0. The van der Waals surface area contributed by atoms with E-state index >= 15 is 0 Å². The molecular weight excluding hydrogens is 501 g/mol. The lowest BCUT2D eigenvalue weighted by Gasteiger charge is -2.18. The van der Waals surface area contributed by atoms with E-state index in [1.807, 2.05) is 84.9 Å². The Hall–Kier alpha value is -3.39. The molecule has 4 aromatic rings. The Morgan fingerprint density at radius 1 is 0.771 bits per heavy atom. The molecular formula is C27H21ClFN3OS2. The van der Waals surface area contributed by atoms with E-state index in [9.17, 15) is 9.18 Å². The number of thioether (sulfide) groups is 1. The molecule has 0 spiro atoms. The minimum Gasteiger partial charge on any atom is -0.332 e. The van der Waals surface area contributed by atoms with Gasteiger partial charge in [-0.3, -0.25) is 4.79 Å². The van der Waals surface area contributed by atoms with E-state index < -0.39 is 11.1 Å². The Morgan fingerprint density at radius 3 is 2.11 bits per heavy atom. The summed E-state index contributed by atoms with van der Waals surface area (Å²) >= 11 is 12.7. The van der Waals surface area contributed by atoms with Crippen LogP contribution in [0, 0.1) is 5.82 Å². The standard InChI is InChI=1S/C27H21ClFN3OS2/c28-23-17-21(14-15-24(23)29)30-26(33)25(18-8-3-1-4-9-18)35-22-13-7-12-20(16-22)32-27(34)31-19-10-5-2-6-11-19/h1-17,25H,(H,30,33)(H2,31,32,34). The molecule has 0 heterocycles. The highest BCUT2D eigenvalue weighted by Gasteiger charge is 2.22. The highest BCUT2D eigenvalue weighted by Crippen LogP contribution is 2.37. The van der Waals surface area contributed by atoms with Crippen LogP contribution < -0.4 is 16.0 Å². The molecule has 0 saturated heterocycles. The first kappa shape index (κ1) is 24.7. The van der Waals surface area contributed by atoms with Crippen LogP contribution in [0.4, 0.5) is 21.5 Å². The third kappa shape index (κ3) is 7.05. The molecule has 0 aromatic heterocycles. The number of amides is 1. The van der Waals surface area contributed by atoms with Gasteiger partial charge in [0.25, 0.3) is 0 Å². The van der Waals surface area contributed by atoms with Crippen molar-refractivity contribution in [3.8, 4) is 0 Å².